The van der Waals surface area contributed by atoms with Crippen LogP contribution in [0.2, 0.25) is 0 Å². The minimum atomic E-state index is 0.170. The van der Waals surface area contributed by atoms with E-state index in [2.05, 4.69) is 36.2 Å². The normalized spacial score (nSPS) is 17.7. The molecule has 3 heterocycles. The van der Waals surface area contributed by atoms with Crippen LogP contribution in [-0.4, -0.2) is 49.4 Å². The molecule has 0 bridgehead atoms. The Morgan fingerprint density at radius 3 is 3.04 bits per heavy atom. The second-order valence-electron chi connectivity index (χ2n) is 7.10. The van der Waals surface area contributed by atoms with E-state index in [-0.39, 0.29) is 11.9 Å². The van der Waals surface area contributed by atoms with E-state index >= 15 is 0 Å². The highest BCUT2D eigenvalue weighted by molar-refractivity contribution is 7.99. The van der Waals surface area contributed by atoms with Gasteiger partial charge in [-0.25, -0.2) is 4.98 Å². The summed E-state index contributed by atoms with van der Waals surface area (Å²) < 4.78 is 3.22. The molecule has 1 saturated heterocycles. The van der Waals surface area contributed by atoms with Gasteiger partial charge in [-0.1, -0.05) is 23.9 Å². The number of carbonyl (C=O) groups is 1. The number of amides is 1. The number of para-hydroxylation sites is 1. The number of hydrogen-bond donors (Lipinski definition) is 0. The maximum absolute atomic E-state index is 12.8. The van der Waals surface area contributed by atoms with E-state index in [1.54, 1.807) is 17.7 Å². The minimum absolute atomic E-state index is 0.170. The van der Waals surface area contributed by atoms with Crippen molar-refractivity contribution in [1.82, 2.24) is 24.6 Å². The average molecular weight is 402 g/mol. The number of thioether (sulfide) groups is 1. The Balaban J connectivity index is 1.40. The first kappa shape index (κ1) is 18.4. The molecule has 0 aliphatic carbocycles. The molecule has 0 radical (unpaired) electrons. The monoisotopic (exact) mass is 401 g/mol. The zero-order chi connectivity index (χ0) is 18.8. The Labute approximate surface area is 167 Å². The first-order chi connectivity index (χ1) is 13.1. The fourth-order valence-corrected chi connectivity index (χ4v) is 5.42. The van der Waals surface area contributed by atoms with Gasteiger partial charge in [0, 0.05) is 25.0 Å². The van der Waals surface area contributed by atoms with Gasteiger partial charge in [-0.05, 0) is 38.8 Å². The molecule has 1 aliphatic rings. The number of likely N-dealkylation sites (tertiary alicyclic amines) is 1. The molecule has 6 nitrogen and oxygen atoms in total. The molecule has 4 rings (SSSR count). The Kier molecular flexibility index (Phi) is 5.45. The van der Waals surface area contributed by atoms with Gasteiger partial charge in [-0.15, -0.1) is 21.5 Å². The van der Waals surface area contributed by atoms with Gasteiger partial charge >= 0.3 is 0 Å². The van der Waals surface area contributed by atoms with E-state index in [1.165, 1.54) is 16.5 Å². The number of hydrogen-bond acceptors (Lipinski definition) is 6. The van der Waals surface area contributed by atoms with Gasteiger partial charge in [0.1, 0.15) is 6.33 Å². The molecular formula is C19H23N5OS2. The molecule has 27 heavy (non-hydrogen) atoms. The van der Waals surface area contributed by atoms with E-state index in [0.717, 1.165) is 41.6 Å². The molecular weight excluding hydrogens is 378 g/mol. The van der Waals surface area contributed by atoms with Crippen LogP contribution in [0.25, 0.3) is 10.2 Å². The van der Waals surface area contributed by atoms with Gasteiger partial charge in [0.15, 0.2) is 5.16 Å². The van der Waals surface area contributed by atoms with Crippen LogP contribution >= 0.6 is 23.1 Å². The number of rotatable bonds is 5. The Morgan fingerprint density at radius 2 is 2.22 bits per heavy atom. The molecule has 1 amide bonds. The maximum Gasteiger partial charge on any atom is 0.233 e. The Bertz CT molecular complexity index is 902. The molecule has 1 atom stereocenters. The van der Waals surface area contributed by atoms with Crippen molar-refractivity contribution in [1.29, 1.82) is 0 Å². The van der Waals surface area contributed by atoms with Crippen LogP contribution in [0.15, 0.2) is 35.7 Å². The van der Waals surface area contributed by atoms with E-state index in [4.69, 9.17) is 4.98 Å². The molecule has 1 aromatic carbocycles. The van der Waals surface area contributed by atoms with Crippen LogP contribution < -0.4 is 0 Å². The Morgan fingerprint density at radius 1 is 1.37 bits per heavy atom. The molecule has 142 valence electrons. The highest BCUT2D eigenvalue weighted by Crippen LogP contribution is 2.33. The van der Waals surface area contributed by atoms with Gasteiger partial charge < -0.3 is 9.47 Å². The van der Waals surface area contributed by atoms with Crippen molar-refractivity contribution in [3.8, 4) is 0 Å². The summed E-state index contributed by atoms with van der Waals surface area (Å²) in [5, 5.41) is 10.1. The molecule has 2 aromatic heterocycles. The van der Waals surface area contributed by atoms with E-state index in [0.29, 0.717) is 11.7 Å². The second-order valence-corrected chi connectivity index (χ2v) is 9.11. The van der Waals surface area contributed by atoms with Crippen LogP contribution in [-0.2, 0) is 4.79 Å². The number of thiazole rings is 1. The fourth-order valence-electron chi connectivity index (χ4n) is 3.38. The van der Waals surface area contributed by atoms with Crippen LogP contribution in [0.4, 0.5) is 0 Å². The van der Waals surface area contributed by atoms with Crippen LogP contribution in [0.5, 0.6) is 0 Å². The van der Waals surface area contributed by atoms with E-state index in [1.807, 2.05) is 21.6 Å². The molecule has 1 fully saturated rings. The lowest BCUT2D eigenvalue weighted by Gasteiger charge is -2.31. The zero-order valence-electron chi connectivity index (χ0n) is 15.5. The lowest BCUT2D eigenvalue weighted by molar-refractivity contribution is -0.129. The third-order valence-electron chi connectivity index (χ3n) is 4.86. The van der Waals surface area contributed by atoms with E-state index in [9.17, 15) is 4.79 Å². The minimum Gasteiger partial charge on any atom is -0.341 e. The highest BCUT2D eigenvalue weighted by atomic mass is 32.2. The standard InChI is InChI=1S/C19H23N5OS2/c1-13(2)24-12-20-22-19(24)26-11-17(25)23-9-5-6-14(10-23)18-21-15-7-3-4-8-16(15)27-18/h3-4,7-8,12-14H,5-6,9-11H2,1-2H3/t14-/m1/s1. The second kappa shape index (κ2) is 7.98. The predicted octanol–water partition coefficient (Wildman–Crippen LogP) is 3.97. The predicted molar refractivity (Wildman–Crippen MR) is 109 cm³/mol. The molecule has 3 aromatic rings. The molecule has 0 N–H and O–H groups in total. The molecule has 0 unspecified atom stereocenters. The van der Waals surface area contributed by atoms with Crippen molar-refractivity contribution < 1.29 is 4.79 Å². The van der Waals surface area contributed by atoms with Crippen LogP contribution in [0.1, 0.15) is 43.7 Å². The first-order valence-corrected chi connectivity index (χ1v) is 11.1. The zero-order valence-corrected chi connectivity index (χ0v) is 17.2. The average Bonchev–Trinajstić information content (AvgIpc) is 3.33. The smallest absolute Gasteiger partial charge is 0.233 e. The molecule has 8 heteroatoms. The van der Waals surface area contributed by atoms with Crippen molar-refractivity contribution in [2.45, 2.75) is 43.8 Å². The van der Waals surface area contributed by atoms with Gasteiger partial charge in [0.05, 0.1) is 21.0 Å². The van der Waals surface area contributed by atoms with Crippen LogP contribution in [0, 0.1) is 0 Å². The van der Waals surface area contributed by atoms with Crippen molar-refractivity contribution in [3.63, 3.8) is 0 Å². The molecule has 1 aliphatic heterocycles. The summed E-state index contributed by atoms with van der Waals surface area (Å²) in [4.78, 5) is 19.5. The summed E-state index contributed by atoms with van der Waals surface area (Å²) >= 11 is 3.23. The lowest BCUT2D eigenvalue weighted by Crippen LogP contribution is -2.40. The third-order valence-corrected chi connectivity index (χ3v) is 7.00. The number of fused-ring (bicyclic) bond motifs is 1. The number of piperidine rings is 1. The van der Waals surface area contributed by atoms with Crippen molar-refractivity contribution in [2.24, 2.45) is 0 Å². The molecule has 0 saturated carbocycles. The summed E-state index contributed by atoms with van der Waals surface area (Å²) in [6.07, 6.45) is 3.85. The van der Waals surface area contributed by atoms with E-state index < -0.39 is 0 Å². The van der Waals surface area contributed by atoms with Crippen LogP contribution in [0.3, 0.4) is 0 Å². The number of benzene rings is 1. The van der Waals surface area contributed by atoms with Crippen molar-refractivity contribution in [2.75, 3.05) is 18.8 Å². The fraction of sp³-hybridized carbons (Fsp3) is 0.474. The van der Waals surface area contributed by atoms with Gasteiger partial charge in [0.2, 0.25) is 5.91 Å². The Hall–Kier alpha value is -1.93. The number of nitrogens with zero attached hydrogens (tertiary/aromatic N) is 5. The third kappa shape index (κ3) is 4.01. The topological polar surface area (TPSA) is 63.9 Å². The molecule has 0 spiro atoms. The van der Waals surface area contributed by atoms with Crippen molar-refractivity contribution >= 4 is 39.2 Å². The number of carbonyl (C=O) groups excluding carboxylic acids is 1. The lowest BCUT2D eigenvalue weighted by atomic mass is 9.99. The largest absolute Gasteiger partial charge is 0.341 e. The summed E-state index contributed by atoms with van der Waals surface area (Å²) in [6, 6.07) is 8.53. The number of aromatic nitrogens is 4. The summed E-state index contributed by atoms with van der Waals surface area (Å²) in [7, 11) is 0. The summed E-state index contributed by atoms with van der Waals surface area (Å²) in [5.74, 6) is 0.909. The summed E-state index contributed by atoms with van der Waals surface area (Å²) in [6.45, 7) is 5.76. The van der Waals surface area contributed by atoms with Gasteiger partial charge in [-0.2, -0.15) is 0 Å². The quantitative estimate of drug-likeness (QED) is 0.606. The maximum atomic E-state index is 12.8. The van der Waals surface area contributed by atoms with Gasteiger partial charge in [0.25, 0.3) is 0 Å². The summed E-state index contributed by atoms with van der Waals surface area (Å²) in [5.41, 5.74) is 1.06. The SMILES string of the molecule is CC(C)n1cnnc1SCC(=O)N1CCC[C@@H](c2nc3ccccc3s2)C1. The first-order valence-electron chi connectivity index (χ1n) is 9.27. The van der Waals surface area contributed by atoms with Crippen molar-refractivity contribution in [3.05, 3.63) is 35.6 Å². The van der Waals surface area contributed by atoms with Gasteiger partial charge in [-0.3, -0.25) is 4.79 Å². The highest BCUT2D eigenvalue weighted by Gasteiger charge is 2.27.